The molecular weight excluding hydrogens is 298 g/mol. The quantitative estimate of drug-likeness (QED) is 0.795. The second kappa shape index (κ2) is 6.25. The summed E-state index contributed by atoms with van der Waals surface area (Å²) in [5, 5.41) is 6.76. The first-order chi connectivity index (χ1) is 11.1. The predicted octanol–water partition coefficient (Wildman–Crippen LogP) is -0.0239. The van der Waals surface area contributed by atoms with E-state index < -0.39 is 5.91 Å². The maximum Gasteiger partial charge on any atom is 0.267 e. The van der Waals surface area contributed by atoms with Crippen molar-refractivity contribution >= 4 is 18.2 Å². The van der Waals surface area contributed by atoms with E-state index in [0.29, 0.717) is 13.0 Å². The van der Waals surface area contributed by atoms with Crippen LogP contribution in [0, 0.1) is 0 Å². The lowest BCUT2D eigenvalue weighted by Gasteiger charge is -2.29. The van der Waals surface area contributed by atoms with E-state index in [1.807, 2.05) is 31.2 Å². The molecule has 8 nitrogen and oxygen atoms in total. The van der Waals surface area contributed by atoms with Crippen LogP contribution in [0.3, 0.4) is 0 Å². The first-order valence-corrected chi connectivity index (χ1v) is 7.49. The fourth-order valence-electron chi connectivity index (χ4n) is 2.78. The summed E-state index contributed by atoms with van der Waals surface area (Å²) < 4.78 is 5.43. The van der Waals surface area contributed by atoms with Crippen LogP contribution in [0.15, 0.2) is 29.4 Å². The Bertz CT molecular complexity index is 631. The van der Waals surface area contributed by atoms with Gasteiger partial charge < -0.3 is 10.5 Å². The third kappa shape index (κ3) is 3.11. The highest BCUT2D eigenvalue weighted by Crippen LogP contribution is 2.30. The standard InChI is InChI=1S/C15H19N5O3/c1-2-23-11-5-3-10(4-6-11)12-7-13-15(22)19(8-14(16)21)17-9-20(13)18-12/h3-6,9,12-13,18H,2,7-8H2,1H3,(H2,16,21). The Labute approximate surface area is 133 Å². The van der Waals surface area contributed by atoms with Gasteiger partial charge in [0.25, 0.3) is 5.91 Å². The van der Waals surface area contributed by atoms with Crippen LogP contribution in [0.5, 0.6) is 5.75 Å². The SMILES string of the molecule is CCOc1ccc(C2CC3C(=O)N(CC(N)=O)N=CN3N2)cc1. The van der Waals surface area contributed by atoms with Crippen molar-refractivity contribution in [2.24, 2.45) is 10.8 Å². The number of rotatable bonds is 5. The fraction of sp³-hybridized carbons (Fsp3) is 0.400. The van der Waals surface area contributed by atoms with Gasteiger partial charge in [-0.2, -0.15) is 5.10 Å². The summed E-state index contributed by atoms with van der Waals surface area (Å²) in [6.45, 7) is 2.36. The van der Waals surface area contributed by atoms with E-state index in [0.717, 1.165) is 16.3 Å². The summed E-state index contributed by atoms with van der Waals surface area (Å²) in [4.78, 5) is 23.4. The number of primary amides is 1. The second-order valence-electron chi connectivity index (χ2n) is 5.44. The van der Waals surface area contributed by atoms with Crippen molar-refractivity contribution in [2.75, 3.05) is 13.2 Å². The zero-order valence-electron chi connectivity index (χ0n) is 12.8. The fourth-order valence-corrected chi connectivity index (χ4v) is 2.78. The van der Waals surface area contributed by atoms with E-state index in [1.165, 1.54) is 6.34 Å². The van der Waals surface area contributed by atoms with Crippen LogP contribution in [-0.4, -0.2) is 47.4 Å². The van der Waals surface area contributed by atoms with Gasteiger partial charge in [0, 0.05) is 0 Å². The van der Waals surface area contributed by atoms with E-state index in [-0.39, 0.29) is 24.5 Å². The van der Waals surface area contributed by atoms with Crippen molar-refractivity contribution in [3.05, 3.63) is 29.8 Å². The van der Waals surface area contributed by atoms with E-state index in [9.17, 15) is 9.59 Å². The number of nitrogens with two attached hydrogens (primary N) is 1. The minimum absolute atomic E-state index is 0.000366. The third-order valence-corrected chi connectivity index (χ3v) is 3.85. The number of carbonyl (C=O) groups is 2. The molecule has 0 radical (unpaired) electrons. The average molecular weight is 317 g/mol. The van der Waals surface area contributed by atoms with Gasteiger partial charge in [0.1, 0.15) is 24.7 Å². The minimum Gasteiger partial charge on any atom is -0.494 e. The van der Waals surface area contributed by atoms with E-state index in [4.69, 9.17) is 10.5 Å². The van der Waals surface area contributed by atoms with Gasteiger partial charge in [-0.05, 0) is 31.0 Å². The first-order valence-electron chi connectivity index (χ1n) is 7.49. The topological polar surface area (TPSA) is 100 Å². The monoisotopic (exact) mass is 317 g/mol. The molecule has 1 aromatic carbocycles. The molecule has 2 aliphatic rings. The lowest BCUT2D eigenvalue weighted by atomic mass is 10.0. The average Bonchev–Trinajstić information content (AvgIpc) is 2.96. The van der Waals surface area contributed by atoms with Gasteiger partial charge in [0.05, 0.1) is 12.6 Å². The summed E-state index contributed by atoms with van der Waals surface area (Å²) in [5.74, 6) is 0.00227. The number of benzene rings is 1. The summed E-state index contributed by atoms with van der Waals surface area (Å²) in [7, 11) is 0. The van der Waals surface area contributed by atoms with Crippen molar-refractivity contribution < 1.29 is 14.3 Å². The molecule has 0 aliphatic carbocycles. The van der Waals surface area contributed by atoms with Gasteiger partial charge in [-0.1, -0.05) is 12.1 Å². The summed E-state index contributed by atoms with van der Waals surface area (Å²) in [6.07, 6.45) is 2.11. The van der Waals surface area contributed by atoms with Crippen LogP contribution >= 0.6 is 0 Å². The molecule has 1 aromatic rings. The maximum absolute atomic E-state index is 12.4. The molecule has 0 bridgehead atoms. The van der Waals surface area contributed by atoms with Crippen molar-refractivity contribution in [3.63, 3.8) is 0 Å². The normalized spacial score (nSPS) is 23.1. The molecule has 1 saturated heterocycles. The molecule has 0 aromatic heterocycles. The van der Waals surface area contributed by atoms with E-state index in [2.05, 4.69) is 10.5 Å². The number of nitrogens with zero attached hydrogens (tertiary/aromatic N) is 3. The number of hydrogen-bond donors (Lipinski definition) is 2. The van der Waals surface area contributed by atoms with Gasteiger partial charge in [-0.15, -0.1) is 0 Å². The van der Waals surface area contributed by atoms with E-state index >= 15 is 0 Å². The predicted molar refractivity (Wildman–Crippen MR) is 83.1 cm³/mol. The molecule has 1 fully saturated rings. The molecule has 2 unspecified atom stereocenters. The molecule has 3 rings (SSSR count). The molecule has 0 saturated carbocycles. The largest absolute Gasteiger partial charge is 0.494 e. The molecule has 2 amide bonds. The number of fused-ring (bicyclic) bond motifs is 1. The second-order valence-corrected chi connectivity index (χ2v) is 5.44. The number of nitrogens with one attached hydrogen (secondary N) is 1. The third-order valence-electron chi connectivity index (χ3n) is 3.85. The van der Waals surface area contributed by atoms with Gasteiger partial charge in [0.2, 0.25) is 5.91 Å². The van der Waals surface area contributed by atoms with Crippen LogP contribution in [0.25, 0.3) is 0 Å². The summed E-state index contributed by atoms with van der Waals surface area (Å²) >= 11 is 0. The highest BCUT2D eigenvalue weighted by molar-refractivity contribution is 5.90. The lowest BCUT2D eigenvalue weighted by molar-refractivity contribution is -0.139. The Morgan fingerprint density at radius 1 is 1.43 bits per heavy atom. The van der Waals surface area contributed by atoms with Crippen LogP contribution in [0.1, 0.15) is 24.9 Å². The number of carbonyl (C=O) groups excluding carboxylic acids is 2. The molecule has 2 aliphatic heterocycles. The zero-order chi connectivity index (χ0) is 16.4. The van der Waals surface area contributed by atoms with Crippen LogP contribution in [-0.2, 0) is 9.59 Å². The number of hydrazine groups is 1. The molecule has 2 heterocycles. The van der Waals surface area contributed by atoms with Crippen molar-refractivity contribution in [1.82, 2.24) is 15.4 Å². The molecule has 2 atom stereocenters. The Morgan fingerprint density at radius 2 is 2.17 bits per heavy atom. The Balaban J connectivity index is 1.70. The summed E-state index contributed by atoms with van der Waals surface area (Å²) in [6, 6.07) is 7.39. The molecule has 3 N–H and O–H groups in total. The highest BCUT2D eigenvalue weighted by atomic mass is 16.5. The smallest absolute Gasteiger partial charge is 0.267 e. The van der Waals surface area contributed by atoms with Crippen LogP contribution in [0.4, 0.5) is 0 Å². The van der Waals surface area contributed by atoms with Gasteiger partial charge in [-0.25, -0.2) is 10.4 Å². The van der Waals surface area contributed by atoms with E-state index in [1.54, 1.807) is 5.01 Å². The molecule has 23 heavy (non-hydrogen) atoms. The van der Waals surface area contributed by atoms with Crippen molar-refractivity contribution in [1.29, 1.82) is 0 Å². The Kier molecular flexibility index (Phi) is 4.16. The Morgan fingerprint density at radius 3 is 2.83 bits per heavy atom. The van der Waals surface area contributed by atoms with Crippen LogP contribution in [0.2, 0.25) is 0 Å². The number of hydrazone groups is 1. The molecule has 8 heteroatoms. The van der Waals surface area contributed by atoms with Crippen molar-refractivity contribution in [2.45, 2.75) is 25.4 Å². The van der Waals surface area contributed by atoms with Gasteiger partial charge in [0.15, 0.2) is 0 Å². The van der Waals surface area contributed by atoms with Crippen molar-refractivity contribution in [3.8, 4) is 5.75 Å². The first kappa shape index (κ1) is 15.3. The lowest BCUT2D eigenvalue weighted by Crippen LogP contribution is -2.52. The maximum atomic E-state index is 12.4. The van der Waals surface area contributed by atoms with Gasteiger partial charge >= 0.3 is 0 Å². The molecular formula is C15H19N5O3. The number of amides is 2. The highest BCUT2D eigenvalue weighted by Gasteiger charge is 2.41. The molecule has 0 spiro atoms. The number of hydrogen-bond acceptors (Lipinski definition) is 6. The zero-order valence-corrected chi connectivity index (χ0v) is 12.8. The number of ether oxygens (including phenoxy) is 1. The van der Waals surface area contributed by atoms with Crippen LogP contribution < -0.4 is 15.9 Å². The molecule has 122 valence electrons. The minimum atomic E-state index is -0.585. The Hall–Kier alpha value is -2.61. The summed E-state index contributed by atoms with van der Waals surface area (Å²) in [5.41, 5.74) is 9.44. The van der Waals surface area contributed by atoms with Gasteiger partial charge in [-0.3, -0.25) is 14.6 Å².